The average Bonchev–Trinajstić information content (AvgIpc) is 2.99. The summed E-state index contributed by atoms with van der Waals surface area (Å²) in [7, 11) is 1.53. The molecule has 0 aliphatic heterocycles. The fourth-order valence-electron chi connectivity index (χ4n) is 2.16. The van der Waals surface area contributed by atoms with Gasteiger partial charge in [-0.05, 0) is 42.5 Å². The maximum atomic E-state index is 12.7. The molecular weight excluding hydrogens is 323 g/mol. The summed E-state index contributed by atoms with van der Waals surface area (Å²) < 4.78 is 43.0. The quantitative estimate of drug-likeness (QED) is 0.764. The molecule has 1 amide bonds. The third-order valence-corrected chi connectivity index (χ3v) is 3.36. The number of carbonyl (C=O) groups excluding carboxylic acids is 1. The third-order valence-electron chi connectivity index (χ3n) is 3.36. The maximum absolute atomic E-state index is 12.7. The number of H-pyrrole nitrogens is 1. The fraction of sp³-hybridized carbons (Fsp3) is 0.125. The number of rotatable bonds is 3. The minimum Gasteiger partial charge on any atom is -0.497 e. The molecular formula is C16H12F3N3O2. The number of carbonyl (C=O) groups is 1. The van der Waals surface area contributed by atoms with Gasteiger partial charge in [-0.1, -0.05) is 0 Å². The summed E-state index contributed by atoms with van der Waals surface area (Å²) in [4.78, 5) is 17.9. The van der Waals surface area contributed by atoms with E-state index in [1.165, 1.54) is 25.3 Å². The molecule has 0 atom stereocenters. The lowest BCUT2D eigenvalue weighted by Crippen LogP contribution is -2.11. The highest BCUT2D eigenvalue weighted by atomic mass is 19.4. The lowest BCUT2D eigenvalue weighted by atomic mass is 10.2. The highest BCUT2D eigenvalue weighted by molar-refractivity contribution is 6.05. The van der Waals surface area contributed by atoms with Crippen molar-refractivity contribution in [1.82, 2.24) is 9.97 Å². The van der Waals surface area contributed by atoms with Crippen LogP contribution in [0.15, 0.2) is 42.5 Å². The van der Waals surface area contributed by atoms with Crippen molar-refractivity contribution in [2.75, 3.05) is 12.4 Å². The summed E-state index contributed by atoms with van der Waals surface area (Å²) in [6.45, 7) is 0. The van der Waals surface area contributed by atoms with Crippen molar-refractivity contribution < 1.29 is 22.7 Å². The SMILES string of the molecule is COc1ccc(NC(=O)c2ccc3nc(C(F)(F)F)[nH]c3c2)cc1. The van der Waals surface area contributed by atoms with Crippen LogP contribution in [-0.4, -0.2) is 23.0 Å². The first-order chi connectivity index (χ1) is 11.4. The van der Waals surface area contributed by atoms with Crippen LogP contribution in [0.25, 0.3) is 11.0 Å². The zero-order valence-electron chi connectivity index (χ0n) is 12.4. The minimum atomic E-state index is -4.56. The van der Waals surface area contributed by atoms with E-state index >= 15 is 0 Å². The number of nitrogens with zero attached hydrogens (tertiary/aromatic N) is 1. The molecule has 0 aliphatic carbocycles. The predicted octanol–water partition coefficient (Wildman–Crippen LogP) is 3.84. The van der Waals surface area contributed by atoms with E-state index in [2.05, 4.69) is 15.3 Å². The first kappa shape index (κ1) is 15.9. The van der Waals surface area contributed by atoms with Crippen LogP contribution >= 0.6 is 0 Å². The molecule has 0 bridgehead atoms. The number of aromatic amines is 1. The van der Waals surface area contributed by atoms with Crippen LogP contribution in [-0.2, 0) is 6.18 Å². The van der Waals surface area contributed by atoms with Crippen molar-refractivity contribution in [3.63, 3.8) is 0 Å². The summed E-state index contributed by atoms with van der Waals surface area (Å²) >= 11 is 0. The molecule has 0 radical (unpaired) electrons. The number of nitrogens with one attached hydrogen (secondary N) is 2. The Balaban J connectivity index is 1.83. The predicted molar refractivity (Wildman–Crippen MR) is 82.0 cm³/mol. The molecule has 3 rings (SSSR count). The van der Waals surface area contributed by atoms with Gasteiger partial charge in [-0.2, -0.15) is 13.2 Å². The number of imidazole rings is 1. The Morgan fingerprint density at radius 1 is 1.17 bits per heavy atom. The van der Waals surface area contributed by atoms with Gasteiger partial charge in [0.1, 0.15) is 5.75 Å². The van der Waals surface area contributed by atoms with Crippen molar-refractivity contribution in [3.05, 3.63) is 53.9 Å². The van der Waals surface area contributed by atoms with Gasteiger partial charge in [0.2, 0.25) is 5.82 Å². The number of halogens is 3. The van der Waals surface area contributed by atoms with Crippen LogP contribution < -0.4 is 10.1 Å². The van der Waals surface area contributed by atoms with E-state index in [1.54, 1.807) is 24.3 Å². The Bertz CT molecular complexity index is 886. The smallest absolute Gasteiger partial charge is 0.449 e. The summed E-state index contributed by atoms with van der Waals surface area (Å²) in [5.41, 5.74) is 1.05. The second-order valence-electron chi connectivity index (χ2n) is 5.00. The van der Waals surface area contributed by atoms with Crippen molar-refractivity contribution in [3.8, 4) is 5.75 Å². The number of hydrogen-bond donors (Lipinski definition) is 2. The van der Waals surface area contributed by atoms with E-state index in [1.807, 2.05) is 0 Å². The molecule has 0 saturated carbocycles. The van der Waals surface area contributed by atoms with Crippen LogP contribution in [0.5, 0.6) is 5.75 Å². The highest BCUT2D eigenvalue weighted by Crippen LogP contribution is 2.28. The Hall–Kier alpha value is -3.03. The molecule has 5 nitrogen and oxygen atoms in total. The average molecular weight is 335 g/mol. The molecule has 24 heavy (non-hydrogen) atoms. The number of alkyl halides is 3. The lowest BCUT2D eigenvalue weighted by molar-refractivity contribution is -0.144. The normalized spacial score (nSPS) is 11.5. The first-order valence-corrected chi connectivity index (χ1v) is 6.89. The monoisotopic (exact) mass is 335 g/mol. The number of anilines is 1. The van der Waals surface area contributed by atoms with E-state index in [4.69, 9.17) is 4.74 Å². The van der Waals surface area contributed by atoms with Gasteiger partial charge in [0.15, 0.2) is 0 Å². The zero-order chi connectivity index (χ0) is 17.3. The number of aromatic nitrogens is 2. The second kappa shape index (κ2) is 5.88. The Morgan fingerprint density at radius 2 is 1.88 bits per heavy atom. The van der Waals surface area contributed by atoms with Crippen molar-refractivity contribution in [2.24, 2.45) is 0 Å². The molecule has 0 aliphatic rings. The van der Waals surface area contributed by atoms with Crippen molar-refractivity contribution >= 4 is 22.6 Å². The highest BCUT2D eigenvalue weighted by Gasteiger charge is 2.34. The maximum Gasteiger partial charge on any atom is 0.449 e. The molecule has 0 unspecified atom stereocenters. The van der Waals surface area contributed by atoms with Gasteiger partial charge in [0.05, 0.1) is 18.1 Å². The van der Waals surface area contributed by atoms with Gasteiger partial charge in [0, 0.05) is 11.3 Å². The van der Waals surface area contributed by atoms with Gasteiger partial charge in [-0.3, -0.25) is 4.79 Å². The number of amides is 1. The van der Waals surface area contributed by atoms with E-state index < -0.39 is 17.9 Å². The molecule has 2 aromatic carbocycles. The zero-order valence-corrected chi connectivity index (χ0v) is 12.4. The lowest BCUT2D eigenvalue weighted by Gasteiger charge is -2.06. The van der Waals surface area contributed by atoms with E-state index in [9.17, 15) is 18.0 Å². The van der Waals surface area contributed by atoms with Gasteiger partial charge in [0.25, 0.3) is 5.91 Å². The molecule has 0 saturated heterocycles. The fourth-order valence-corrected chi connectivity index (χ4v) is 2.16. The molecule has 1 aromatic heterocycles. The Labute approximate surface area is 134 Å². The van der Waals surface area contributed by atoms with Crippen LogP contribution in [0.4, 0.5) is 18.9 Å². The van der Waals surface area contributed by atoms with Crippen LogP contribution in [0.1, 0.15) is 16.2 Å². The van der Waals surface area contributed by atoms with Crippen molar-refractivity contribution in [1.29, 1.82) is 0 Å². The Kier molecular flexibility index (Phi) is 3.88. The summed E-state index contributed by atoms with van der Waals surface area (Å²) in [6, 6.07) is 10.8. The summed E-state index contributed by atoms with van der Waals surface area (Å²) in [5.74, 6) is -0.887. The van der Waals surface area contributed by atoms with Crippen LogP contribution in [0.2, 0.25) is 0 Å². The van der Waals surface area contributed by atoms with E-state index in [-0.39, 0.29) is 16.6 Å². The number of methoxy groups -OCH3 is 1. The number of fused-ring (bicyclic) bond motifs is 1. The van der Waals surface area contributed by atoms with Gasteiger partial charge < -0.3 is 15.0 Å². The molecule has 2 N–H and O–H groups in total. The van der Waals surface area contributed by atoms with Crippen LogP contribution in [0, 0.1) is 0 Å². The molecule has 3 aromatic rings. The van der Waals surface area contributed by atoms with Gasteiger partial charge in [-0.15, -0.1) is 0 Å². The van der Waals surface area contributed by atoms with Crippen molar-refractivity contribution in [2.45, 2.75) is 6.18 Å². The largest absolute Gasteiger partial charge is 0.497 e. The second-order valence-corrected chi connectivity index (χ2v) is 5.00. The molecule has 8 heteroatoms. The molecule has 1 heterocycles. The minimum absolute atomic E-state index is 0.142. The van der Waals surface area contributed by atoms with E-state index in [0.717, 1.165) is 0 Å². The third kappa shape index (κ3) is 3.17. The summed E-state index contributed by atoms with van der Waals surface area (Å²) in [5, 5.41) is 2.66. The van der Waals surface area contributed by atoms with E-state index in [0.29, 0.717) is 11.4 Å². The first-order valence-electron chi connectivity index (χ1n) is 6.89. The van der Waals surface area contributed by atoms with Gasteiger partial charge >= 0.3 is 6.18 Å². The molecule has 0 spiro atoms. The molecule has 124 valence electrons. The standard InChI is InChI=1S/C16H12F3N3O2/c1-24-11-5-3-10(4-6-11)20-14(23)9-2-7-12-13(8-9)22-15(21-12)16(17,18)19/h2-8H,1H3,(H,20,23)(H,21,22). The topological polar surface area (TPSA) is 67.0 Å². The summed E-state index contributed by atoms with van der Waals surface area (Å²) in [6.07, 6.45) is -4.56. The Morgan fingerprint density at radius 3 is 2.50 bits per heavy atom. The molecule has 0 fully saturated rings. The van der Waals surface area contributed by atoms with Gasteiger partial charge in [-0.25, -0.2) is 4.98 Å². The number of hydrogen-bond acceptors (Lipinski definition) is 3. The van der Waals surface area contributed by atoms with Crippen LogP contribution in [0.3, 0.4) is 0 Å². The number of benzene rings is 2. The number of ether oxygens (including phenoxy) is 1.